The molecule has 1 aromatic carbocycles. The molecule has 6 atom stereocenters. The number of aryl methyl sites for hydroxylation is 1. The van der Waals surface area contributed by atoms with Gasteiger partial charge in [-0.3, -0.25) is 0 Å². The van der Waals surface area contributed by atoms with Crippen LogP contribution in [0.4, 0.5) is 0 Å². The van der Waals surface area contributed by atoms with Gasteiger partial charge in [0.2, 0.25) is 0 Å². The van der Waals surface area contributed by atoms with Crippen molar-refractivity contribution >= 4 is 5.97 Å². The normalized spacial score (nSPS) is 26.0. The standard InChI is InChI=1S/C24H30O5.Na/c1-3-4-7-15(2)19(25)13-12-17-20(26)14-21-23(17)18-10-5-8-16(24(18)29-21)9-6-11-22(27)28;/h5,8,10,12-13,15,17,19-21,23,25-26H,6-7,9,11,14H2,1-2H3,(H,27,28);/q;+1/p-1/t15-,17-,19+,20+,21-,23-;/m0./s1. The first-order valence-corrected chi connectivity index (χ1v) is 10.3. The van der Waals surface area contributed by atoms with Gasteiger partial charge in [-0.1, -0.05) is 37.3 Å². The number of hydrogen-bond donors (Lipinski definition) is 2. The molecular formula is C24H29NaO5. The summed E-state index contributed by atoms with van der Waals surface area (Å²) in [5.41, 5.74) is 2.06. The average molecular weight is 420 g/mol. The van der Waals surface area contributed by atoms with E-state index in [1.165, 1.54) is 0 Å². The van der Waals surface area contributed by atoms with Crippen LogP contribution in [0.3, 0.4) is 0 Å². The molecule has 5 nitrogen and oxygen atoms in total. The summed E-state index contributed by atoms with van der Waals surface area (Å²) in [7, 11) is 0. The van der Waals surface area contributed by atoms with Crippen LogP contribution in [0.25, 0.3) is 0 Å². The van der Waals surface area contributed by atoms with Crippen molar-refractivity contribution < 1.29 is 54.4 Å². The predicted molar refractivity (Wildman–Crippen MR) is 108 cm³/mol. The Hall–Kier alpha value is -1.29. The zero-order valence-electron chi connectivity index (χ0n) is 18.0. The molecule has 0 unspecified atom stereocenters. The van der Waals surface area contributed by atoms with Crippen molar-refractivity contribution in [3.63, 3.8) is 0 Å². The van der Waals surface area contributed by atoms with Crippen LogP contribution in [0, 0.1) is 23.7 Å². The summed E-state index contributed by atoms with van der Waals surface area (Å²) in [5, 5.41) is 31.7. The number of aliphatic hydroxyl groups excluding tert-OH is 2. The van der Waals surface area contributed by atoms with Crippen molar-refractivity contribution in [3.8, 4) is 17.6 Å². The van der Waals surface area contributed by atoms with Crippen LogP contribution in [-0.4, -0.2) is 34.5 Å². The maximum Gasteiger partial charge on any atom is 1.00 e. The number of carboxylic acids is 1. The van der Waals surface area contributed by atoms with E-state index >= 15 is 0 Å². The number of benzene rings is 1. The molecule has 2 aliphatic rings. The molecule has 0 radical (unpaired) electrons. The van der Waals surface area contributed by atoms with E-state index in [1.54, 1.807) is 13.0 Å². The molecule has 1 heterocycles. The molecule has 6 heteroatoms. The fourth-order valence-corrected chi connectivity index (χ4v) is 4.40. The third kappa shape index (κ3) is 5.69. The van der Waals surface area contributed by atoms with Crippen LogP contribution < -0.4 is 39.4 Å². The maximum absolute atomic E-state index is 10.7. The van der Waals surface area contributed by atoms with Gasteiger partial charge in [-0.15, -0.1) is 11.8 Å². The maximum atomic E-state index is 10.7. The Morgan fingerprint density at radius 2 is 2.20 bits per heavy atom. The van der Waals surface area contributed by atoms with Gasteiger partial charge in [-0.25, -0.2) is 0 Å². The van der Waals surface area contributed by atoms with Crippen LogP contribution >= 0.6 is 0 Å². The van der Waals surface area contributed by atoms with E-state index in [4.69, 9.17) is 4.74 Å². The molecule has 1 saturated carbocycles. The summed E-state index contributed by atoms with van der Waals surface area (Å²) in [6, 6.07) is 5.96. The molecule has 0 aromatic heterocycles. The number of rotatable bonds is 8. The minimum absolute atomic E-state index is 0. The van der Waals surface area contributed by atoms with E-state index in [1.807, 2.05) is 31.2 Å². The third-order valence-electron chi connectivity index (χ3n) is 6.03. The Morgan fingerprint density at radius 3 is 2.90 bits per heavy atom. The molecule has 0 bridgehead atoms. The third-order valence-corrected chi connectivity index (χ3v) is 6.03. The van der Waals surface area contributed by atoms with Gasteiger partial charge in [0.15, 0.2) is 0 Å². The van der Waals surface area contributed by atoms with E-state index in [2.05, 4.69) is 11.8 Å². The number of fused-ring (bicyclic) bond motifs is 3. The molecule has 1 fully saturated rings. The molecule has 0 spiro atoms. The van der Waals surface area contributed by atoms with E-state index < -0.39 is 18.2 Å². The molecule has 2 N–H and O–H groups in total. The van der Waals surface area contributed by atoms with Gasteiger partial charge < -0.3 is 24.9 Å². The van der Waals surface area contributed by atoms with E-state index in [0.29, 0.717) is 25.7 Å². The summed E-state index contributed by atoms with van der Waals surface area (Å²) in [6.07, 6.45) is 4.80. The van der Waals surface area contributed by atoms with Gasteiger partial charge in [0.1, 0.15) is 11.9 Å². The minimum Gasteiger partial charge on any atom is -0.550 e. The number of ether oxygens (including phenoxy) is 1. The zero-order chi connectivity index (χ0) is 21.0. The van der Waals surface area contributed by atoms with Gasteiger partial charge >= 0.3 is 29.6 Å². The number of hydrogen-bond acceptors (Lipinski definition) is 5. The second-order valence-electron chi connectivity index (χ2n) is 8.11. The fourth-order valence-electron chi connectivity index (χ4n) is 4.40. The summed E-state index contributed by atoms with van der Waals surface area (Å²) in [5.74, 6) is 5.56. The Bertz CT molecular complexity index is 825. The largest absolute Gasteiger partial charge is 1.00 e. The number of aliphatic carboxylic acids is 1. The van der Waals surface area contributed by atoms with E-state index in [-0.39, 0.29) is 59.8 Å². The van der Waals surface area contributed by atoms with Gasteiger partial charge in [-0.2, -0.15) is 0 Å². The SMILES string of the molecule is CC#CC[C@H](C)[C@H](O)C=C[C@@H]1[C@H]2c3cccc(CCCC(=O)[O-])c3O[C@H]2C[C@H]1O.[Na+]. The summed E-state index contributed by atoms with van der Waals surface area (Å²) < 4.78 is 6.19. The Balaban J connectivity index is 0.00000320. The Kier molecular flexibility index (Phi) is 9.46. The monoisotopic (exact) mass is 420 g/mol. The van der Waals surface area contributed by atoms with E-state index in [9.17, 15) is 20.1 Å². The van der Waals surface area contributed by atoms with Gasteiger partial charge in [0.25, 0.3) is 0 Å². The fraction of sp³-hybridized carbons (Fsp3) is 0.542. The summed E-state index contributed by atoms with van der Waals surface area (Å²) in [6.45, 7) is 3.74. The molecule has 3 rings (SSSR count). The zero-order valence-corrected chi connectivity index (χ0v) is 20.0. The molecule has 156 valence electrons. The van der Waals surface area contributed by atoms with Crippen molar-refractivity contribution in [2.24, 2.45) is 11.8 Å². The summed E-state index contributed by atoms with van der Waals surface area (Å²) >= 11 is 0. The van der Waals surface area contributed by atoms with Crippen molar-refractivity contribution in [2.75, 3.05) is 0 Å². The van der Waals surface area contributed by atoms with Crippen LogP contribution in [0.2, 0.25) is 0 Å². The number of para-hydroxylation sites is 1. The van der Waals surface area contributed by atoms with Crippen LogP contribution in [0.1, 0.15) is 56.6 Å². The molecule has 1 aromatic rings. The predicted octanol–water partition coefficient (Wildman–Crippen LogP) is -1.04. The van der Waals surface area contributed by atoms with Gasteiger partial charge in [0.05, 0.1) is 12.2 Å². The van der Waals surface area contributed by atoms with Gasteiger partial charge in [-0.05, 0) is 37.7 Å². The number of carbonyl (C=O) groups is 1. The van der Waals surface area contributed by atoms with Crippen LogP contribution in [0.5, 0.6) is 5.75 Å². The Labute approximate surface area is 200 Å². The first-order chi connectivity index (χ1) is 13.9. The Morgan fingerprint density at radius 1 is 1.43 bits per heavy atom. The average Bonchev–Trinajstić information content (AvgIpc) is 3.19. The quantitative estimate of drug-likeness (QED) is 0.319. The molecule has 0 amide bonds. The second kappa shape index (κ2) is 11.4. The first-order valence-electron chi connectivity index (χ1n) is 10.3. The molecular weight excluding hydrogens is 391 g/mol. The van der Waals surface area contributed by atoms with Crippen molar-refractivity contribution in [2.45, 2.75) is 70.2 Å². The molecule has 1 aliphatic carbocycles. The van der Waals surface area contributed by atoms with Crippen LogP contribution in [0.15, 0.2) is 30.4 Å². The van der Waals surface area contributed by atoms with Crippen molar-refractivity contribution in [3.05, 3.63) is 41.5 Å². The molecule has 30 heavy (non-hydrogen) atoms. The molecule has 1 aliphatic heterocycles. The molecule has 0 saturated heterocycles. The van der Waals surface area contributed by atoms with E-state index in [0.717, 1.165) is 16.9 Å². The number of carbonyl (C=O) groups excluding carboxylic acids is 1. The second-order valence-corrected chi connectivity index (χ2v) is 8.11. The summed E-state index contributed by atoms with van der Waals surface area (Å²) in [4.78, 5) is 10.7. The topological polar surface area (TPSA) is 89.8 Å². The van der Waals surface area contributed by atoms with Crippen molar-refractivity contribution in [1.82, 2.24) is 0 Å². The van der Waals surface area contributed by atoms with Crippen LogP contribution in [-0.2, 0) is 11.2 Å². The number of aliphatic hydroxyl groups is 2. The smallest absolute Gasteiger partial charge is 0.550 e. The van der Waals surface area contributed by atoms with Gasteiger partial charge in [0, 0.05) is 36.2 Å². The number of carboxylic acid groups (broad SMARTS) is 1. The van der Waals surface area contributed by atoms with Crippen molar-refractivity contribution in [1.29, 1.82) is 0 Å². The minimum atomic E-state index is -1.04. The first kappa shape index (κ1) is 25.0.